The number of hydrogen-bond donors (Lipinski definition) is 0. The monoisotopic (exact) mass is 333 g/mol. The van der Waals surface area contributed by atoms with Crippen molar-refractivity contribution in [1.29, 1.82) is 0 Å². The van der Waals surface area contributed by atoms with Crippen molar-refractivity contribution in [3.63, 3.8) is 0 Å². The molecule has 0 rings (SSSR count). The van der Waals surface area contributed by atoms with E-state index in [1.807, 2.05) is 0 Å². The predicted octanol–water partition coefficient (Wildman–Crippen LogP) is -0.859. The van der Waals surface area contributed by atoms with Crippen LogP contribution < -0.4 is 0 Å². The van der Waals surface area contributed by atoms with Crippen LogP contribution in [0.15, 0.2) is 0 Å². The van der Waals surface area contributed by atoms with E-state index < -0.39 is 10.2 Å². The first-order valence-electron chi connectivity index (χ1n) is 1.10. The summed E-state index contributed by atoms with van der Waals surface area (Å²) in [5.74, 6) is 0. The molecule has 0 heterocycles. The van der Waals surface area contributed by atoms with Gasteiger partial charge in [0.05, 0.1) is 10.2 Å². The molecule has 9 heteroatoms. The van der Waals surface area contributed by atoms with Gasteiger partial charge in [-0.05, 0) is 0 Å². The number of rotatable bonds is 0. The Labute approximate surface area is 67.8 Å². The first kappa shape index (κ1) is 15.7. The van der Waals surface area contributed by atoms with Gasteiger partial charge in [-0.2, -0.15) is 0 Å². The molecule has 0 spiro atoms. The van der Waals surface area contributed by atoms with Crippen LogP contribution in [-0.4, -0.2) is 36.7 Å². The van der Waals surface area contributed by atoms with Gasteiger partial charge in [0.25, 0.3) is 0 Å². The fourth-order valence-electron chi connectivity index (χ4n) is 0. The van der Waals surface area contributed by atoms with Gasteiger partial charge in [-0.3, -0.25) is 0 Å². The Kier molecular flexibility index (Phi) is 18.0. The Balaban J connectivity index is -0.0000000720. The second-order valence-corrected chi connectivity index (χ2v) is 0.447. The molecule has 0 aliphatic heterocycles. The van der Waals surface area contributed by atoms with E-state index >= 15 is 0 Å². The van der Waals surface area contributed by atoms with Crippen molar-refractivity contribution in [2.24, 2.45) is 0 Å². The molecule has 54 valence electrons. The molecule has 0 aromatic rings. The predicted molar refractivity (Wildman–Crippen MR) is 26.5 cm³/mol. The second kappa shape index (κ2) is 10.3. The van der Waals surface area contributed by atoms with E-state index in [4.69, 9.17) is 30.6 Å². The van der Waals surface area contributed by atoms with Gasteiger partial charge in [0, 0.05) is 26.6 Å². The Morgan fingerprint density at radius 2 is 0.778 bits per heavy atom. The summed E-state index contributed by atoms with van der Waals surface area (Å²) < 4.78 is 0. The standard InChI is InChI=1S/2NO3.Po/c2*2-1(3)4;/q2*-1;. The number of hydrogen-bond acceptors (Lipinski definition) is 6. The maximum absolute atomic E-state index is 8.25. The average Bonchev–Trinajstić information content (AvgIpc) is 1.25. The summed E-state index contributed by atoms with van der Waals surface area (Å²) in [6.45, 7) is 0. The normalized spacial score (nSPS) is 5.33. The molecule has 0 aromatic heterocycles. The van der Waals surface area contributed by atoms with Crippen molar-refractivity contribution in [2.75, 3.05) is 0 Å². The summed E-state index contributed by atoms with van der Waals surface area (Å²) in [7, 11) is 0. The SMILES string of the molecule is O=[N+]([O-])[O-].O=[N+]([O-])[O-].[Po]. The van der Waals surface area contributed by atoms with E-state index in [0.717, 1.165) is 0 Å². The minimum atomic E-state index is -1.75. The minimum absolute atomic E-state index is 0. The molecule has 0 saturated carbocycles. The molecule has 2 radical (unpaired) electrons. The van der Waals surface area contributed by atoms with Crippen molar-refractivity contribution < 1.29 is 10.2 Å². The first-order chi connectivity index (χ1) is 3.46. The van der Waals surface area contributed by atoms with Crippen LogP contribution in [-0.2, 0) is 0 Å². The molecule has 0 amide bonds. The van der Waals surface area contributed by atoms with Gasteiger partial charge in [0.1, 0.15) is 0 Å². The molecule has 0 saturated heterocycles. The zero-order valence-electron chi connectivity index (χ0n) is 3.75. The van der Waals surface area contributed by atoms with Crippen molar-refractivity contribution in [3.8, 4) is 0 Å². The average molecular weight is 333 g/mol. The van der Waals surface area contributed by atoms with Crippen LogP contribution in [0.5, 0.6) is 0 Å². The zero-order chi connectivity index (χ0) is 7.15. The summed E-state index contributed by atoms with van der Waals surface area (Å²) in [6, 6.07) is 0. The van der Waals surface area contributed by atoms with E-state index in [-0.39, 0.29) is 26.6 Å². The third kappa shape index (κ3) is 413. The molecule has 0 bridgehead atoms. The zero-order valence-corrected chi connectivity index (χ0v) is 6.93. The van der Waals surface area contributed by atoms with Crippen molar-refractivity contribution in [3.05, 3.63) is 30.6 Å². The Bertz CT molecular complexity index is 69.1. The Morgan fingerprint density at radius 3 is 0.778 bits per heavy atom. The Hall–Kier alpha value is -0.704. The van der Waals surface area contributed by atoms with E-state index in [0.29, 0.717) is 0 Å². The molecule has 0 atom stereocenters. The van der Waals surface area contributed by atoms with Gasteiger partial charge in [-0.15, -0.1) is 0 Å². The molecule has 0 aliphatic carbocycles. The summed E-state index contributed by atoms with van der Waals surface area (Å²) >= 11 is 0. The summed E-state index contributed by atoms with van der Waals surface area (Å²) in [6.07, 6.45) is 0. The minimum Gasteiger partial charge on any atom is -0.356 e. The second-order valence-electron chi connectivity index (χ2n) is 0.447. The number of nitrogens with zero attached hydrogens (tertiary/aromatic N) is 2. The van der Waals surface area contributed by atoms with Crippen LogP contribution >= 0.6 is 0 Å². The van der Waals surface area contributed by atoms with Crippen LogP contribution in [0.2, 0.25) is 0 Å². The van der Waals surface area contributed by atoms with Gasteiger partial charge in [-0.25, -0.2) is 0 Å². The third-order valence-electron chi connectivity index (χ3n) is 0. The van der Waals surface area contributed by atoms with Crippen molar-refractivity contribution in [2.45, 2.75) is 0 Å². The molecular formula is N2O6Po-2. The van der Waals surface area contributed by atoms with E-state index in [1.165, 1.54) is 0 Å². The van der Waals surface area contributed by atoms with Gasteiger partial charge in [0.15, 0.2) is 0 Å². The summed E-state index contributed by atoms with van der Waals surface area (Å²) in [5, 5.41) is 29.5. The maximum atomic E-state index is 8.25. The molecule has 0 N–H and O–H groups in total. The molecule has 0 fully saturated rings. The largest absolute Gasteiger partial charge is 0.356 e. The van der Waals surface area contributed by atoms with E-state index in [1.54, 1.807) is 0 Å². The van der Waals surface area contributed by atoms with Gasteiger partial charge >= 0.3 is 0 Å². The quantitative estimate of drug-likeness (QED) is 0.418. The fourth-order valence-corrected chi connectivity index (χ4v) is 0. The summed E-state index contributed by atoms with van der Waals surface area (Å²) in [5.41, 5.74) is 0. The molecule has 9 heavy (non-hydrogen) atoms. The molecule has 8 nitrogen and oxygen atoms in total. The Morgan fingerprint density at radius 1 is 0.778 bits per heavy atom. The van der Waals surface area contributed by atoms with Crippen LogP contribution in [0.3, 0.4) is 0 Å². The summed E-state index contributed by atoms with van der Waals surface area (Å²) in [4.78, 5) is 16.5. The van der Waals surface area contributed by atoms with Gasteiger partial charge in [-0.1, -0.05) is 0 Å². The molecule has 0 aliphatic rings. The smallest absolute Gasteiger partial charge is 0.0689 e. The molecule has 0 aromatic carbocycles. The third-order valence-corrected chi connectivity index (χ3v) is 0. The van der Waals surface area contributed by atoms with Gasteiger partial charge < -0.3 is 30.6 Å². The van der Waals surface area contributed by atoms with Crippen LogP contribution in [0, 0.1) is 30.6 Å². The molecule has 0 unspecified atom stereocenters. The molecular weight excluding hydrogens is 333 g/mol. The topological polar surface area (TPSA) is 132 Å². The van der Waals surface area contributed by atoms with Crippen molar-refractivity contribution >= 4 is 26.6 Å². The van der Waals surface area contributed by atoms with Crippen LogP contribution in [0.25, 0.3) is 0 Å². The fraction of sp³-hybridized carbons (Fsp3) is 0. The maximum Gasteiger partial charge on any atom is 0.0689 e. The van der Waals surface area contributed by atoms with Gasteiger partial charge in [0.2, 0.25) is 0 Å². The van der Waals surface area contributed by atoms with Crippen LogP contribution in [0.4, 0.5) is 0 Å². The van der Waals surface area contributed by atoms with Crippen LogP contribution in [0.1, 0.15) is 0 Å². The van der Waals surface area contributed by atoms with E-state index in [2.05, 4.69) is 0 Å². The van der Waals surface area contributed by atoms with Crippen molar-refractivity contribution in [1.82, 2.24) is 0 Å². The van der Waals surface area contributed by atoms with E-state index in [9.17, 15) is 0 Å². The first-order valence-corrected chi connectivity index (χ1v) is 1.10.